The fourth-order valence-electron chi connectivity index (χ4n) is 5.28. The van der Waals surface area contributed by atoms with Gasteiger partial charge < -0.3 is 0 Å². The van der Waals surface area contributed by atoms with E-state index in [9.17, 15) is 9.59 Å². The Morgan fingerprint density at radius 2 is 1.56 bits per heavy atom. The van der Waals surface area contributed by atoms with Gasteiger partial charge in [0.2, 0.25) is 0 Å². The number of hydrogen-bond acceptors (Lipinski definition) is 5. The number of aryl methyl sites for hydroxylation is 1. The molecule has 0 unspecified atom stereocenters. The first-order chi connectivity index (χ1) is 20.7. The number of anilines is 1. The molecule has 1 saturated heterocycles. The Morgan fingerprint density at radius 1 is 0.907 bits per heavy atom. The highest BCUT2D eigenvalue weighted by molar-refractivity contribution is 8.27. The lowest BCUT2D eigenvalue weighted by Gasteiger charge is -2.12. The molecule has 1 aliphatic heterocycles. The van der Waals surface area contributed by atoms with E-state index in [1.54, 1.807) is 16.4 Å². The average molecular weight is 606 g/mol. The summed E-state index contributed by atoms with van der Waals surface area (Å²) in [5.41, 5.74) is 7.10. The SMILES string of the molecule is Cc1ccc(C(C)C)cc1-c1nn(-c2ccccc2)cc1C=C1SC(=S)N(c2c(C)n(C)n(-c3ccccc3)c2=O)C1=O. The van der Waals surface area contributed by atoms with Gasteiger partial charge in [0.05, 0.1) is 22.0 Å². The van der Waals surface area contributed by atoms with Crippen molar-refractivity contribution in [1.82, 2.24) is 19.1 Å². The van der Waals surface area contributed by atoms with Crippen LogP contribution in [0.5, 0.6) is 0 Å². The predicted molar refractivity (Wildman–Crippen MR) is 179 cm³/mol. The molecular formula is C34H31N5O2S2. The summed E-state index contributed by atoms with van der Waals surface area (Å²) in [6.07, 6.45) is 3.78. The zero-order valence-corrected chi connectivity index (χ0v) is 26.2. The van der Waals surface area contributed by atoms with Gasteiger partial charge in [-0.25, -0.2) is 9.36 Å². The van der Waals surface area contributed by atoms with Crippen LogP contribution in [0.2, 0.25) is 0 Å². The van der Waals surface area contributed by atoms with Crippen LogP contribution in [0.3, 0.4) is 0 Å². The van der Waals surface area contributed by atoms with Crippen LogP contribution >= 0.6 is 24.0 Å². The fraction of sp³-hybridized carbons (Fsp3) is 0.176. The van der Waals surface area contributed by atoms with Gasteiger partial charge in [0.25, 0.3) is 11.5 Å². The van der Waals surface area contributed by atoms with E-state index in [4.69, 9.17) is 17.3 Å². The molecule has 1 fully saturated rings. The van der Waals surface area contributed by atoms with E-state index in [1.807, 2.05) is 84.5 Å². The summed E-state index contributed by atoms with van der Waals surface area (Å²) < 4.78 is 5.46. The van der Waals surface area contributed by atoms with Crippen LogP contribution in [0.25, 0.3) is 28.7 Å². The first-order valence-corrected chi connectivity index (χ1v) is 15.3. The molecule has 6 rings (SSSR count). The van der Waals surface area contributed by atoms with Crippen molar-refractivity contribution in [2.45, 2.75) is 33.6 Å². The molecule has 9 heteroatoms. The largest absolute Gasteiger partial charge is 0.296 e. The first kappa shape index (κ1) is 28.6. The van der Waals surface area contributed by atoms with Crippen molar-refractivity contribution in [3.63, 3.8) is 0 Å². The van der Waals surface area contributed by atoms with Gasteiger partial charge in [-0.1, -0.05) is 86.4 Å². The zero-order chi connectivity index (χ0) is 30.4. The Balaban J connectivity index is 1.46. The van der Waals surface area contributed by atoms with Crippen molar-refractivity contribution in [3.05, 3.63) is 123 Å². The predicted octanol–water partition coefficient (Wildman–Crippen LogP) is 7.17. The number of benzene rings is 3. The minimum Gasteiger partial charge on any atom is -0.283 e. The lowest BCUT2D eigenvalue weighted by atomic mass is 9.95. The highest BCUT2D eigenvalue weighted by atomic mass is 32.2. The minimum absolute atomic E-state index is 0.262. The number of thioether (sulfide) groups is 1. The van der Waals surface area contributed by atoms with Crippen LogP contribution < -0.4 is 10.5 Å². The maximum absolute atomic E-state index is 14.0. The summed E-state index contributed by atoms with van der Waals surface area (Å²) in [6.45, 7) is 8.23. The van der Waals surface area contributed by atoms with Crippen molar-refractivity contribution in [1.29, 1.82) is 0 Å². The molecular weight excluding hydrogens is 575 g/mol. The normalized spacial score (nSPS) is 14.5. The molecule has 5 aromatic rings. The quantitative estimate of drug-likeness (QED) is 0.152. The third-order valence-corrected chi connectivity index (χ3v) is 9.08. The van der Waals surface area contributed by atoms with Crippen LogP contribution in [-0.4, -0.2) is 29.4 Å². The van der Waals surface area contributed by atoms with Gasteiger partial charge in [-0.05, 0) is 67.3 Å². The minimum atomic E-state index is -0.327. The van der Waals surface area contributed by atoms with Crippen LogP contribution in [0.1, 0.15) is 42.1 Å². The van der Waals surface area contributed by atoms with E-state index in [1.165, 1.54) is 22.2 Å². The van der Waals surface area contributed by atoms with Gasteiger partial charge in [-0.2, -0.15) is 5.10 Å². The van der Waals surface area contributed by atoms with E-state index >= 15 is 0 Å². The highest BCUT2D eigenvalue weighted by Crippen LogP contribution is 2.38. The van der Waals surface area contributed by atoms with Crippen LogP contribution in [0, 0.1) is 13.8 Å². The summed E-state index contributed by atoms with van der Waals surface area (Å²) in [6, 6.07) is 25.7. The van der Waals surface area contributed by atoms with Gasteiger partial charge in [0.15, 0.2) is 4.32 Å². The average Bonchev–Trinajstić information content (AvgIpc) is 3.61. The number of rotatable bonds is 6. The number of aromatic nitrogens is 4. The van der Waals surface area contributed by atoms with Crippen molar-refractivity contribution >= 4 is 46.0 Å². The maximum Gasteiger partial charge on any atom is 0.296 e. The van der Waals surface area contributed by atoms with E-state index < -0.39 is 0 Å². The van der Waals surface area contributed by atoms with E-state index in [0.717, 1.165) is 28.1 Å². The zero-order valence-electron chi connectivity index (χ0n) is 24.6. The Bertz CT molecular complexity index is 1970. The number of carbonyl (C=O) groups is 1. The van der Waals surface area contributed by atoms with E-state index in [2.05, 4.69) is 39.0 Å². The molecule has 0 aliphatic carbocycles. The molecule has 0 radical (unpaired) electrons. The van der Waals surface area contributed by atoms with Crippen molar-refractivity contribution < 1.29 is 4.79 Å². The number of para-hydroxylation sites is 2. The van der Waals surface area contributed by atoms with Gasteiger partial charge >= 0.3 is 0 Å². The number of thiocarbonyl (C=S) groups is 1. The molecule has 1 aliphatic rings. The molecule has 43 heavy (non-hydrogen) atoms. The van der Waals surface area contributed by atoms with Gasteiger partial charge in [0.1, 0.15) is 11.4 Å². The highest BCUT2D eigenvalue weighted by Gasteiger charge is 2.38. The molecule has 2 aromatic heterocycles. The lowest BCUT2D eigenvalue weighted by Crippen LogP contribution is -2.33. The van der Waals surface area contributed by atoms with E-state index in [0.29, 0.717) is 26.5 Å². The smallest absolute Gasteiger partial charge is 0.283 e. The summed E-state index contributed by atoms with van der Waals surface area (Å²) in [5, 5.41) is 5.00. The second kappa shape index (κ2) is 11.3. The summed E-state index contributed by atoms with van der Waals surface area (Å²) in [4.78, 5) is 29.5. The number of nitrogens with zero attached hydrogens (tertiary/aromatic N) is 5. The summed E-state index contributed by atoms with van der Waals surface area (Å²) >= 11 is 6.90. The van der Waals surface area contributed by atoms with Gasteiger partial charge in [0, 0.05) is 24.4 Å². The molecule has 0 atom stereocenters. The van der Waals surface area contributed by atoms with Crippen molar-refractivity contribution in [2.75, 3.05) is 4.90 Å². The third-order valence-electron chi connectivity index (χ3n) is 7.77. The molecule has 3 heterocycles. The van der Waals surface area contributed by atoms with Crippen LogP contribution in [-0.2, 0) is 11.8 Å². The number of amides is 1. The van der Waals surface area contributed by atoms with Gasteiger partial charge in [-0.3, -0.25) is 19.2 Å². The monoisotopic (exact) mass is 605 g/mol. The molecule has 0 bridgehead atoms. The summed E-state index contributed by atoms with van der Waals surface area (Å²) in [7, 11) is 1.80. The molecule has 216 valence electrons. The molecule has 0 spiro atoms. The van der Waals surface area contributed by atoms with Crippen molar-refractivity contribution in [3.8, 4) is 22.6 Å². The van der Waals surface area contributed by atoms with E-state index in [-0.39, 0.29) is 17.2 Å². The fourth-order valence-corrected chi connectivity index (χ4v) is 6.54. The first-order valence-electron chi connectivity index (χ1n) is 14.0. The van der Waals surface area contributed by atoms with Crippen LogP contribution in [0.15, 0.2) is 94.8 Å². The molecule has 7 nitrogen and oxygen atoms in total. The molecule has 0 saturated carbocycles. The topological polar surface area (TPSA) is 65.1 Å². The second-order valence-electron chi connectivity index (χ2n) is 10.9. The third kappa shape index (κ3) is 5.08. The van der Waals surface area contributed by atoms with Crippen LogP contribution in [0.4, 0.5) is 5.69 Å². The molecule has 1 amide bonds. The molecule has 3 aromatic carbocycles. The Kier molecular flexibility index (Phi) is 7.54. The number of hydrogen-bond donors (Lipinski definition) is 0. The van der Waals surface area contributed by atoms with Crippen molar-refractivity contribution in [2.24, 2.45) is 7.05 Å². The summed E-state index contributed by atoms with van der Waals surface area (Å²) in [5.74, 6) is 0.0244. The Morgan fingerprint density at radius 3 is 2.21 bits per heavy atom. The second-order valence-corrected chi connectivity index (χ2v) is 12.5. The Hall–Kier alpha value is -4.47. The van der Waals surface area contributed by atoms with Gasteiger partial charge in [-0.15, -0.1) is 0 Å². The standard InChI is InChI=1S/C34H31N5O2S2/c1-21(2)24-17-16-22(3)28(18-24)30-25(20-37(35-30)26-12-8-6-9-13-26)19-29-32(40)38(34(42)43-29)31-23(4)36(5)39(33(31)41)27-14-10-7-11-15-27/h6-21H,1-5H3. The Labute approximate surface area is 260 Å². The number of carbonyl (C=O) groups excluding carboxylic acids is 1. The maximum atomic E-state index is 14.0. The lowest BCUT2D eigenvalue weighted by molar-refractivity contribution is -0.113. The molecule has 0 N–H and O–H groups in total.